The van der Waals surface area contributed by atoms with Crippen molar-refractivity contribution in [1.29, 1.82) is 0 Å². The summed E-state index contributed by atoms with van der Waals surface area (Å²) in [4.78, 5) is 32.5. The molecule has 1 aliphatic carbocycles. The average Bonchev–Trinajstić information content (AvgIpc) is 3.48. The van der Waals surface area contributed by atoms with E-state index in [-0.39, 0.29) is 11.9 Å². The minimum atomic E-state index is 0.0390. The maximum absolute atomic E-state index is 13.3. The molecule has 158 valence electrons. The van der Waals surface area contributed by atoms with Crippen molar-refractivity contribution < 1.29 is 9.59 Å². The Balaban J connectivity index is 1.32. The summed E-state index contributed by atoms with van der Waals surface area (Å²) in [5, 5.41) is 0. The first kappa shape index (κ1) is 20.4. The summed E-state index contributed by atoms with van der Waals surface area (Å²) >= 11 is 0. The largest absolute Gasteiger partial charge is 0.341 e. The van der Waals surface area contributed by atoms with Crippen molar-refractivity contribution in [3.05, 3.63) is 35.9 Å². The molecule has 2 amide bonds. The van der Waals surface area contributed by atoms with E-state index in [1.54, 1.807) is 0 Å². The van der Waals surface area contributed by atoms with Crippen molar-refractivity contribution in [3.8, 4) is 0 Å². The van der Waals surface area contributed by atoms with Crippen LogP contribution >= 0.6 is 0 Å². The number of aryl methyl sites for hydroxylation is 1. The monoisotopic (exact) mass is 397 g/mol. The molecule has 1 atom stereocenters. The van der Waals surface area contributed by atoms with Crippen LogP contribution in [0.25, 0.3) is 0 Å². The summed E-state index contributed by atoms with van der Waals surface area (Å²) in [5.74, 6) is 1.11. The third-order valence-corrected chi connectivity index (χ3v) is 7.05. The summed E-state index contributed by atoms with van der Waals surface area (Å²) in [6.07, 6.45) is 8.54. The lowest BCUT2D eigenvalue weighted by atomic mass is 9.94. The molecule has 1 aromatic rings. The fraction of sp³-hybridized carbons (Fsp3) is 0.667. The van der Waals surface area contributed by atoms with E-state index in [1.165, 1.54) is 31.2 Å². The Kier molecular flexibility index (Phi) is 6.86. The van der Waals surface area contributed by atoms with Crippen LogP contribution in [0.3, 0.4) is 0 Å². The molecule has 2 saturated heterocycles. The topological polar surface area (TPSA) is 43.9 Å². The van der Waals surface area contributed by atoms with E-state index in [9.17, 15) is 9.59 Å². The molecule has 2 heterocycles. The zero-order valence-electron chi connectivity index (χ0n) is 17.6. The Bertz CT molecular complexity index is 673. The van der Waals surface area contributed by atoms with Gasteiger partial charge < -0.3 is 9.80 Å². The number of likely N-dealkylation sites (tertiary alicyclic amines) is 1. The molecule has 2 aliphatic heterocycles. The third-order valence-electron chi connectivity index (χ3n) is 7.05. The van der Waals surface area contributed by atoms with Crippen molar-refractivity contribution in [2.24, 2.45) is 5.92 Å². The van der Waals surface area contributed by atoms with E-state index in [0.717, 1.165) is 58.5 Å². The number of carbonyl (C=O) groups excluding carboxylic acids is 2. The predicted octanol–water partition coefficient (Wildman–Crippen LogP) is 2.94. The molecule has 1 aromatic carbocycles. The molecule has 1 saturated carbocycles. The molecule has 3 aliphatic rings. The average molecular weight is 398 g/mol. The Morgan fingerprint density at radius 2 is 1.48 bits per heavy atom. The van der Waals surface area contributed by atoms with Crippen molar-refractivity contribution >= 4 is 11.8 Å². The first-order valence-electron chi connectivity index (χ1n) is 11.6. The highest BCUT2D eigenvalue weighted by Crippen LogP contribution is 2.32. The van der Waals surface area contributed by atoms with E-state index in [1.807, 2.05) is 23.1 Å². The van der Waals surface area contributed by atoms with Crippen LogP contribution in [0.1, 0.15) is 50.5 Å². The van der Waals surface area contributed by atoms with Gasteiger partial charge in [-0.05, 0) is 43.6 Å². The number of hydrogen-bond acceptors (Lipinski definition) is 3. The lowest BCUT2D eigenvalue weighted by Crippen LogP contribution is -2.58. The summed E-state index contributed by atoms with van der Waals surface area (Å²) in [6, 6.07) is 10.3. The molecule has 4 rings (SSSR count). The molecule has 0 spiro atoms. The van der Waals surface area contributed by atoms with Gasteiger partial charge in [-0.25, -0.2) is 0 Å². The van der Waals surface area contributed by atoms with Crippen molar-refractivity contribution in [2.75, 3.05) is 39.3 Å². The van der Waals surface area contributed by atoms with Crippen LogP contribution in [0.4, 0.5) is 0 Å². The summed E-state index contributed by atoms with van der Waals surface area (Å²) in [7, 11) is 0. The second-order valence-electron chi connectivity index (χ2n) is 8.92. The number of piperazine rings is 1. The van der Waals surface area contributed by atoms with Gasteiger partial charge in [0.1, 0.15) is 0 Å². The van der Waals surface area contributed by atoms with Crippen LogP contribution in [0.2, 0.25) is 0 Å². The Morgan fingerprint density at radius 3 is 2.14 bits per heavy atom. The van der Waals surface area contributed by atoms with Gasteiger partial charge in [-0.15, -0.1) is 0 Å². The van der Waals surface area contributed by atoms with Gasteiger partial charge in [0.25, 0.3) is 0 Å². The number of benzene rings is 1. The van der Waals surface area contributed by atoms with Crippen LogP contribution in [-0.4, -0.2) is 71.8 Å². The Hall–Kier alpha value is -1.88. The quantitative estimate of drug-likeness (QED) is 0.741. The minimum Gasteiger partial charge on any atom is -0.341 e. The summed E-state index contributed by atoms with van der Waals surface area (Å²) in [6.45, 7) is 5.03. The van der Waals surface area contributed by atoms with Crippen molar-refractivity contribution in [2.45, 2.75) is 57.4 Å². The molecular weight excluding hydrogens is 362 g/mol. The molecule has 3 fully saturated rings. The van der Waals surface area contributed by atoms with Crippen molar-refractivity contribution in [3.63, 3.8) is 0 Å². The van der Waals surface area contributed by atoms with Crippen LogP contribution in [0.15, 0.2) is 30.3 Å². The van der Waals surface area contributed by atoms with Gasteiger partial charge in [-0.1, -0.05) is 43.2 Å². The smallest absolute Gasteiger partial charge is 0.240 e. The second-order valence-corrected chi connectivity index (χ2v) is 8.92. The normalized spacial score (nSPS) is 22.2. The number of rotatable bonds is 6. The van der Waals surface area contributed by atoms with Gasteiger partial charge in [-0.3, -0.25) is 14.5 Å². The first-order valence-corrected chi connectivity index (χ1v) is 11.6. The van der Waals surface area contributed by atoms with E-state index in [2.05, 4.69) is 21.9 Å². The minimum absolute atomic E-state index is 0.0390. The van der Waals surface area contributed by atoms with E-state index in [4.69, 9.17) is 0 Å². The number of nitrogens with zero attached hydrogens (tertiary/aromatic N) is 3. The van der Waals surface area contributed by atoms with Crippen molar-refractivity contribution in [1.82, 2.24) is 14.7 Å². The van der Waals surface area contributed by atoms with Crippen LogP contribution < -0.4 is 0 Å². The highest BCUT2D eigenvalue weighted by molar-refractivity contribution is 5.82. The standard InChI is InChI=1S/C24H35N3O2/c28-22(13-12-20-8-2-1-3-9-20)25-16-18-26(19-17-25)23(21-10-4-5-11-21)24(29)27-14-6-7-15-27/h1-3,8-9,21,23H,4-7,10-19H2/t23-/m0/s1. The summed E-state index contributed by atoms with van der Waals surface area (Å²) < 4.78 is 0. The number of amides is 2. The van der Waals surface area contributed by atoms with Crippen LogP contribution in [0.5, 0.6) is 0 Å². The molecule has 5 heteroatoms. The molecule has 29 heavy (non-hydrogen) atoms. The zero-order chi connectivity index (χ0) is 20.1. The van der Waals surface area contributed by atoms with Gasteiger partial charge in [0.15, 0.2) is 0 Å². The molecule has 0 unspecified atom stereocenters. The van der Waals surface area contributed by atoms with E-state index in [0.29, 0.717) is 18.2 Å². The Labute approximate surface area is 175 Å². The predicted molar refractivity (Wildman–Crippen MR) is 114 cm³/mol. The molecule has 0 bridgehead atoms. The fourth-order valence-corrected chi connectivity index (χ4v) is 5.36. The molecule has 0 N–H and O–H groups in total. The number of hydrogen-bond donors (Lipinski definition) is 0. The SMILES string of the molecule is O=C(CCc1ccccc1)N1CCN([C@H](C(=O)N2CCCC2)C2CCCC2)CC1. The maximum atomic E-state index is 13.3. The lowest BCUT2D eigenvalue weighted by Gasteiger charge is -2.42. The van der Waals surface area contributed by atoms with Gasteiger partial charge in [-0.2, -0.15) is 0 Å². The molecule has 5 nitrogen and oxygen atoms in total. The fourth-order valence-electron chi connectivity index (χ4n) is 5.36. The van der Waals surface area contributed by atoms with Gasteiger partial charge in [0.05, 0.1) is 6.04 Å². The highest BCUT2D eigenvalue weighted by atomic mass is 16.2. The van der Waals surface area contributed by atoms with Crippen LogP contribution in [0, 0.1) is 5.92 Å². The lowest BCUT2D eigenvalue weighted by molar-refractivity contribution is -0.140. The zero-order valence-corrected chi connectivity index (χ0v) is 17.6. The van der Waals surface area contributed by atoms with Gasteiger partial charge in [0.2, 0.25) is 11.8 Å². The first-order chi connectivity index (χ1) is 14.2. The molecule has 0 aromatic heterocycles. The Morgan fingerprint density at radius 1 is 0.828 bits per heavy atom. The molecule has 0 radical (unpaired) electrons. The van der Waals surface area contributed by atoms with Gasteiger partial charge in [0, 0.05) is 45.7 Å². The van der Waals surface area contributed by atoms with E-state index < -0.39 is 0 Å². The third kappa shape index (κ3) is 5.00. The second kappa shape index (κ2) is 9.75. The molecular formula is C24H35N3O2. The maximum Gasteiger partial charge on any atom is 0.240 e. The highest BCUT2D eigenvalue weighted by Gasteiger charge is 2.39. The number of carbonyl (C=O) groups is 2. The van der Waals surface area contributed by atoms with E-state index >= 15 is 0 Å². The van der Waals surface area contributed by atoms with Gasteiger partial charge >= 0.3 is 0 Å². The summed E-state index contributed by atoms with van der Waals surface area (Å²) in [5.41, 5.74) is 1.22. The van der Waals surface area contributed by atoms with Crippen LogP contribution in [-0.2, 0) is 16.0 Å².